The third-order valence-corrected chi connectivity index (χ3v) is 2.70. The fourth-order valence-electron chi connectivity index (χ4n) is 0.454. The molecule has 2 N–H and O–H groups in total. The molecule has 0 saturated heterocycles. The van der Waals surface area contributed by atoms with Crippen molar-refractivity contribution in [1.82, 2.24) is 10.6 Å². The summed E-state index contributed by atoms with van der Waals surface area (Å²) in [5.41, 5.74) is 0. The van der Waals surface area contributed by atoms with Gasteiger partial charge in [0.25, 0.3) is 0 Å². The summed E-state index contributed by atoms with van der Waals surface area (Å²) in [6.45, 7) is 4.87. The average molecular weight is 176 g/mol. The number of amides is 2. The van der Waals surface area contributed by atoms with Crippen molar-refractivity contribution in [3.63, 3.8) is 0 Å². The first-order chi connectivity index (χ1) is 5.02. The topological polar surface area (TPSA) is 41.1 Å². The second-order valence-corrected chi connectivity index (χ2v) is 4.41. The molecule has 0 saturated carbocycles. The number of carbonyl (C=O) groups excluding carboxylic acids is 1. The zero-order valence-corrected chi connectivity index (χ0v) is 8.34. The van der Waals surface area contributed by atoms with E-state index in [-0.39, 0.29) is 10.8 Å². The van der Waals surface area contributed by atoms with Crippen molar-refractivity contribution in [2.24, 2.45) is 0 Å². The van der Waals surface area contributed by atoms with Crippen LogP contribution in [0.4, 0.5) is 4.79 Å². The average Bonchev–Trinajstić information content (AvgIpc) is 2.00. The van der Waals surface area contributed by atoms with Gasteiger partial charge in [0.05, 0.1) is 0 Å². The zero-order chi connectivity index (χ0) is 8.91. The standard InChI is InChI=1S/C7H16N2OS/c1-7(2,11-4)5-9-6(10)8-3/h5H2,1-4H3,(H2,8,9,10). The van der Waals surface area contributed by atoms with Crippen molar-refractivity contribution in [2.45, 2.75) is 18.6 Å². The minimum atomic E-state index is -0.118. The third kappa shape index (κ3) is 4.95. The van der Waals surface area contributed by atoms with Gasteiger partial charge < -0.3 is 10.6 Å². The number of carbonyl (C=O) groups is 1. The van der Waals surface area contributed by atoms with E-state index in [1.165, 1.54) is 0 Å². The van der Waals surface area contributed by atoms with Crippen molar-refractivity contribution in [3.05, 3.63) is 0 Å². The molecule has 0 heterocycles. The van der Waals surface area contributed by atoms with Gasteiger partial charge in [-0.15, -0.1) is 0 Å². The lowest BCUT2D eigenvalue weighted by Gasteiger charge is -2.21. The van der Waals surface area contributed by atoms with E-state index in [1.54, 1.807) is 18.8 Å². The molecule has 0 aromatic rings. The Morgan fingerprint density at radius 3 is 2.45 bits per heavy atom. The molecule has 0 aromatic carbocycles. The van der Waals surface area contributed by atoms with E-state index >= 15 is 0 Å². The molecular weight excluding hydrogens is 160 g/mol. The Morgan fingerprint density at radius 1 is 1.55 bits per heavy atom. The first-order valence-corrected chi connectivity index (χ1v) is 4.75. The fourth-order valence-corrected chi connectivity index (χ4v) is 0.670. The highest BCUT2D eigenvalue weighted by atomic mass is 32.2. The van der Waals surface area contributed by atoms with E-state index in [4.69, 9.17) is 0 Å². The van der Waals surface area contributed by atoms with Gasteiger partial charge in [-0.1, -0.05) is 0 Å². The van der Waals surface area contributed by atoms with Crippen LogP contribution in [0.1, 0.15) is 13.8 Å². The number of urea groups is 1. The van der Waals surface area contributed by atoms with E-state index in [1.807, 2.05) is 6.26 Å². The number of nitrogens with one attached hydrogen (secondary N) is 2. The highest BCUT2D eigenvalue weighted by Crippen LogP contribution is 2.19. The van der Waals surface area contributed by atoms with Crippen LogP contribution in [-0.2, 0) is 0 Å². The van der Waals surface area contributed by atoms with Crippen LogP contribution in [0.3, 0.4) is 0 Å². The van der Waals surface area contributed by atoms with Crippen molar-refractivity contribution in [2.75, 3.05) is 19.8 Å². The molecule has 0 fully saturated rings. The molecule has 0 spiro atoms. The van der Waals surface area contributed by atoms with Gasteiger partial charge in [-0.2, -0.15) is 11.8 Å². The number of rotatable bonds is 3. The zero-order valence-electron chi connectivity index (χ0n) is 7.52. The quantitative estimate of drug-likeness (QED) is 0.675. The summed E-state index contributed by atoms with van der Waals surface area (Å²) >= 11 is 1.74. The van der Waals surface area contributed by atoms with Gasteiger partial charge in [-0.25, -0.2) is 4.79 Å². The van der Waals surface area contributed by atoms with Crippen LogP contribution in [0.15, 0.2) is 0 Å². The molecule has 3 nitrogen and oxygen atoms in total. The van der Waals surface area contributed by atoms with Crippen molar-refractivity contribution < 1.29 is 4.79 Å². The van der Waals surface area contributed by atoms with Crippen molar-refractivity contribution in [3.8, 4) is 0 Å². The predicted octanol–water partition coefficient (Wildman–Crippen LogP) is 1.06. The van der Waals surface area contributed by atoms with Crippen molar-refractivity contribution >= 4 is 17.8 Å². The minimum Gasteiger partial charge on any atom is -0.341 e. The number of thioether (sulfide) groups is 1. The summed E-state index contributed by atoms with van der Waals surface area (Å²) in [5, 5.41) is 5.25. The molecular formula is C7H16N2OS. The Labute approximate surface area is 72.3 Å². The monoisotopic (exact) mass is 176 g/mol. The molecule has 0 aromatic heterocycles. The lowest BCUT2D eigenvalue weighted by molar-refractivity contribution is 0.242. The number of hydrogen-bond donors (Lipinski definition) is 2. The highest BCUT2D eigenvalue weighted by molar-refractivity contribution is 7.99. The highest BCUT2D eigenvalue weighted by Gasteiger charge is 2.15. The van der Waals surface area contributed by atoms with Crippen LogP contribution in [0.2, 0.25) is 0 Å². The molecule has 0 radical (unpaired) electrons. The first-order valence-electron chi connectivity index (χ1n) is 3.52. The minimum absolute atomic E-state index is 0.118. The van der Waals surface area contributed by atoms with Gasteiger partial charge >= 0.3 is 6.03 Å². The van der Waals surface area contributed by atoms with Gasteiger partial charge in [0.15, 0.2) is 0 Å². The molecule has 66 valence electrons. The Kier molecular flexibility index (Phi) is 4.33. The van der Waals surface area contributed by atoms with Crippen LogP contribution >= 0.6 is 11.8 Å². The van der Waals surface area contributed by atoms with E-state index in [0.29, 0.717) is 6.54 Å². The van der Waals surface area contributed by atoms with Crippen LogP contribution < -0.4 is 10.6 Å². The summed E-state index contributed by atoms with van der Waals surface area (Å²) in [4.78, 5) is 10.7. The Hall–Kier alpha value is -0.380. The summed E-state index contributed by atoms with van der Waals surface area (Å²) in [6.07, 6.45) is 2.03. The van der Waals surface area contributed by atoms with E-state index < -0.39 is 0 Å². The molecule has 4 heteroatoms. The normalized spacial score (nSPS) is 10.9. The maximum Gasteiger partial charge on any atom is 0.314 e. The molecule has 0 bridgehead atoms. The predicted molar refractivity (Wildman–Crippen MR) is 50.1 cm³/mol. The van der Waals surface area contributed by atoms with Gasteiger partial charge in [0.2, 0.25) is 0 Å². The first kappa shape index (κ1) is 10.6. The summed E-state index contributed by atoms with van der Waals surface area (Å²) in [5.74, 6) is 0. The van der Waals surface area contributed by atoms with Gasteiger partial charge in [-0.05, 0) is 20.1 Å². The maximum atomic E-state index is 10.7. The molecule has 0 aliphatic rings. The summed E-state index contributed by atoms with van der Waals surface area (Å²) in [7, 11) is 1.61. The molecule has 0 aliphatic carbocycles. The fraction of sp³-hybridized carbons (Fsp3) is 0.857. The SMILES string of the molecule is CNC(=O)NCC(C)(C)SC. The second-order valence-electron chi connectivity index (χ2n) is 2.90. The van der Waals surface area contributed by atoms with Gasteiger partial charge in [0.1, 0.15) is 0 Å². The Morgan fingerprint density at radius 2 is 2.09 bits per heavy atom. The molecule has 0 rings (SSSR count). The Balaban J connectivity index is 3.61. The van der Waals surface area contributed by atoms with E-state index in [9.17, 15) is 4.79 Å². The Bertz CT molecular complexity index is 136. The third-order valence-electron chi connectivity index (χ3n) is 1.45. The van der Waals surface area contributed by atoms with Crippen molar-refractivity contribution in [1.29, 1.82) is 0 Å². The largest absolute Gasteiger partial charge is 0.341 e. The van der Waals surface area contributed by atoms with Gasteiger partial charge in [0, 0.05) is 18.3 Å². The summed E-state index contributed by atoms with van der Waals surface area (Å²) < 4.78 is 0.118. The van der Waals surface area contributed by atoms with Crippen LogP contribution in [0, 0.1) is 0 Å². The van der Waals surface area contributed by atoms with Crippen LogP contribution in [0.25, 0.3) is 0 Å². The van der Waals surface area contributed by atoms with E-state index in [0.717, 1.165) is 0 Å². The molecule has 0 aliphatic heterocycles. The van der Waals surface area contributed by atoms with Crippen LogP contribution in [0.5, 0.6) is 0 Å². The lowest BCUT2D eigenvalue weighted by atomic mass is 10.2. The second kappa shape index (κ2) is 4.49. The van der Waals surface area contributed by atoms with Crippen LogP contribution in [-0.4, -0.2) is 30.6 Å². The maximum absolute atomic E-state index is 10.7. The molecule has 2 amide bonds. The van der Waals surface area contributed by atoms with Gasteiger partial charge in [-0.3, -0.25) is 0 Å². The molecule has 0 unspecified atom stereocenters. The summed E-state index contributed by atoms with van der Waals surface area (Å²) in [6, 6.07) is -0.118. The lowest BCUT2D eigenvalue weighted by Crippen LogP contribution is -2.40. The van der Waals surface area contributed by atoms with E-state index in [2.05, 4.69) is 24.5 Å². The molecule has 0 atom stereocenters. The smallest absolute Gasteiger partial charge is 0.314 e. The molecule has 11 heavy (non-hydrogen) atoms. The number of hydrogen-bond acceptors (Lipinski definition) is 2.